The number of nitriles is 2. The molecule has 0 aliphatic rings. The fraction of sp³-hybridized carbons (Fsp3) is 0.200. The lowest BCUT2D eigenvalue weighted by Gasteiger charge is -2.18. The van der Waals surface area contributed by atoms with Crippen molar-refractivity contribution in [1.82, 2.24) is 0 Å². The number of carbonyl (C=O) groups excluding carboxylic acids is 2. The number of esters is 1. The Morgan fingerprint density at radius 1 is 0.963 bits per heavy atom. The third-order valence-corrected chi connectivity index (χ3v) is 3.60. The summed E-state index contributed by atoms with van der Waals surface area (Å²) in [5, 5.41) is 20.4. The molecule has 2 aromatic rings. The van der Waals surface area contributed by atoms with Crippen molar-refractivity contribution in [3.63, 3.8) is 0 Å². The first-order valence-corrected chi connectivity index (χ1v) is 8.12. The standard InChI is InChI=1S/C20H17N3O4/c1-13(19(24)23-18-6-4-3-5-16(18)12-22)27-20(25)14(2)26-17-9-7-15(11-21)8-10-17/h3-10,13-14H,1-2H3,(H,23,24)/t13-,14+/m0/s1. The number of nitrogens with one attached hydrogen (secondary N) is 1. The van der Waals surface area contributed by atoms with Crippen molar-refractivity contribution < 1.29 is 19.1 Å². The Morgan fingerprint density at radius 3 is 2.26 bits per heavy atom. The van der Waals surface area contributed by atoms with Crippen molar-refractivity contribution in [2.24, 2.45) is 0 Å². The Morgan fingerprint density at radius 2 is 1.63 bits per heavy atom. The molecule has 0 fully saturated rings. The van der Waals surface area contributed by atoms with Gasteiger partial charge in [-0.2, -0.15) is 10.5 Å². The Balaban J connectivity index is 1.92. The molecule has 7 heteroatoms. The first-order chi connectivity index (χ1) is 12.9. The van der Waals surface area contributed by atoms with E-state index in [9.17, 15) is 9.59 Å². The molecule has 0 unspecified atom stereocenters. The van der Waals surface area contributed by atoms with Gasteiger partial charge in [0.05, 0.1) is 22.9 Å². The highest BCUT2D eigenvalue weighted by Gasteiger charge is 2.23. The molecule has 0 saturated heterocycles. The molecule has 0 spiro atoms. The van der Waals surface area contributed by atoms with Crippen LogP contribution in [0.4, 0.5) is 5.69 Å². The molecule has 1 amide bonds. The van der Waals surface area contributed by atoms with Gasteiger partial charge >= 0.3 is 5.97 Å². The van der Waals surface area contributed by atoms with Crippen molar-refractivity contribution in [3.8, 4) is 17.9 Å². The van der Waals surface area contributed by atoms with Crippen LogP contribution in [0.3, 0.4) is 0 Å². The molecule has 2 atom stereocenters. The summed E-state index contributed by atoms with van der Waals surface area (Å²) in [5.74, 6) is -0.870. The molecule has 0 radical (unpaired) electrons. The van der Waals surface area contributed by atoms with Crippen LogP contribution in [0, 0.1) is 22.7 Å². The molecule has 2 rings (SSSR count). The third-order valence-electron chi connectivity index (χ3n) is 3.60. The SMILES string of the molecule is C[C@H](OC(=O)[C@@H](C)Oc1ccc(C#N)cc1)C(=O)Nc1ccccc1C#N. The van der Waals surface area contributed by atoms with Gasteiger partial charge in [0, 0.05) is 0 Å². The minimum atomic E-state index is -1.07. The van der Waals surface area contributed by atoms with E-state index in [2.05, 4.69) is 5.32 Å². The third kappa shape index (κ3) is 5.32. The lowest BCUT2D eigenvalue weighted by atomic mass is 10.2. The topological polar surface area (TPSA) is 112 Å². The van der Waals surface area contributed by atoms with Crippen molar-refractivity contribution in [1.29, 1.82) is 10.5 Å². The van der Waals surface area contributed by atoms with Crippen molar-refractivity contribution in [3.05, 3.63) is 59.7 Å². The second-order valence-electron chi connectivity index (χ2n) is 5.62. The number of ether oxygens (including phenoxy) is 2. The highest BCUT2D eigenvalue weighted by atomic mass is 16.6. The highest BCUT2D eigenvalue weighted by molar-refractivity contribution is 5.96. The van der Waals surface area contributed by atoms with E-state index in [0.29, 0.717) is 22.6 Å². The number of benzene rings is 2. The molecular weight excluding hydrogens is 346 g/mol. The predicted molar refractivity (Wildman–Crippen MR) is 96.6 cm³/mol. The summed E-state index contributed by atoms with van der Waals surface area (Å²) in [4.78, 5) is 24.3. The molecule has 27 heavy (non-hydrogen) atoms. The average Bonchev–Trinajstić information content (AvgIpc) is 2.68. The second-order valence-corrected chi connectivity index (χ2v) is 5.62. The van der Waals surface area contributed by atoms with Crippen LogP contribution in [0.5, 0.6) is 5.75 Å². The number of carbonyl (C=O) groups is 2. The normalized spacial score (nSPS) is 12.0. The fourth-order valence-electron chi connectivity index (χ4n) is 2.11. The zero-order valence-corrected chi connectivity index (χ0v) is 14.8. The van der Waals surface area contributed by atoms with Crippen LogP contribution in [0.25, 0.3) is 0 Å². The maximum Gasteiger partial charge on any atom is 0.347 e. The van der Waals surface area contributed by atoms with E-state index < -0.39 is 24.1 Å². The first kappa shape index (κ1) is 19.5. The molecule has 0 aliphatic carbocycles. The molecule has 2 aromatic carbocycles. The quantitative estimate of drug-likeness (QED) is 0.790. The summed E-state index contributed by atoms with van der Waals surface area (Å²) in [6.45, 7) is 2.92. The Labute approximate surface area is 156 Å². The maximum absolute atomic E-state index is 12.2. The van der Waals surface area contributed by atoms with Crippen LogP contribution in [-0.2, 0) is 14.3 Å². The molecule has 0 aromatic heterocycles. The Bertz CT molecular complexity index is 910. The van der Waals surface area contributed by atoms with Crippen molar-refractivity contribution >= 4 is 17.6 Å². The Hall–Kier alpha value is -3.84. The lowest BCUT2D eigenvalue weighted by molar-refractivity contribution is -0.159. The van der Waals surface area contributed by atoms with Crippen LogP contribution < -0.4 is 10.1 Å². The van der Waals surface area contributed by atoms with Gasteiger partial charge in [-0.25, -0.2) is 4.79 Å². The number of hydrogen-bond acceptors (Lipinski definition) is 6. The van der Waals surface area contributed by atoms with Crippen LogP contribution >= 0.6 is 0 Å². The van der Waals surface area contributed by atoms with Gasteiger partial charge in [0.15, 0.2) is 12.2 Å². The van der Waals surface area contributed by atoms with Crippen molar-refractivity contribution in [2.45, 2.75) is 26.1 Å². The molecule has 0 saturated carbocycles. The number of anilines is 1. The van der Waals surface area contributed by atoms with Crippen LogP contribution in [0.2, 0.25) is 0 Å². The van der Waals surface area contributed by atoms with E-state index in [1.807, 2.05) is 12.1 Å². The number of rotatable bonds is 6. The van der Waals surface area contributed by atoms with E-state index in [4.69, 9.17) is 20.0 Å². The van der Waals surface area contributed by atoms with Gasteiger partial charge in [-0.15, -0.1) is 0 Å². The minimum Gasteiger partial charge on any atom is -0.479 e. The Kier molecular flexibility index (Phi) is 6.51. The molecular formula is C20H17N3O4. The van der Waals surface area contributed by atoms with E-state index >= 15 is 0 Å². The smallest absolute Gasteiger partial charge is 0.347 e. The molecule has 0 bridgehead atoms. The molecule has 1 N–H and O–H groups in total. The van der Waals surface area contributed by atoms with Gasteiger partial charge in [0.2, 0.25) is 0 Å². The fourth-order valence-corrected chi connectivity index (χ4v) is 2.11. The van der Waals surface area contributed by atoms with Gasteiger partial charge in [-0.05, 0) is 50.2 Å². The number of amides is 1. The summed E-state index contributed by atoms with van der Waals surface area (Å²) in [5.41, 5.74) is 1.12. The summed E-state index contributed by atoms with van der Waals surface area (Å²) < 4.78 is 10.6. The summed E-state index contributed by atoms with van der Waals surface area (Å²) in [6.07, 6.45) is -2.02. The zero-order chi connectivity index (χ0) is 19.8. The monoisotopic (exact) mass is 363 g/mol. The average molecular weight is 363 g/mol. The van der Waals surface area contributed by atoms with E-state index in [0.717, 1.165) is 0 Å². The van der Waals surface area contributed by atoms with Crippen LogP contribution in [-0.4, -0.2) is 24.1 Å². The maximum atomic E-state index is 12.2. The summed E-state index contributed by atoms with van der Waals surface area (Å²) in [6, 6.07) is 16.7. The van der Waals surface area contributed by atoms with E-state index in [1.165, 1.54) is 13.8 Å². The molecule has 7 nitrogen and oxygen atoms in total. The van der Waals surface area contributed by atoms with Gasteiger partial charge in [0.25, 0.3) is 5.91 Å². The van der Waals surface area contributed by atoms with Gasteiger partial charge in [-0.3, -0.25) is 4.79 Å². The minimum absolute atomic E-state index is 0.307. The highest BCUT2D eigenvalue weighted by Crippen LogP contribution is 2.16. The summed E-state index contributed by atoms with van der Waals surface area (Å²) in [7, 11) is 0. The largest absolute Gasteiger partial charge is 0.479 e. The predicted octanol–water partition coefficient (Wildman–Crippen LogP) is 2.77. The van der Waals surface area contributed by atoms with E-state index in [-0.39, 0.29) is 0 Å². The zero-order valence-electron chi connectivity index (χ0n) is 14.8. The molecule has 136 valence electrons. The van der Waals surface area contributed by atoms with Crippen LogP contribution in [0.1, 0.15) is 25.0 Å². The molecule has 0 aliphatic heterocycles. The second kappa shape index (κ2) is 9.02. The van der Waals surface area contributed by atoms with Crippen molar-refractivity contribution in [2.75, 3.05) is 5.32 Å². The first-order valence-electron chi connectivity index (χ1n) is 8.12. The van der Waals surface area contributed by atoms with Crippen LogP contribution in [0.15, 0.2) is 48.5 Å². The number of nitrogens with zero attached hydrogens (tertiary/aromatic N) is 2. The van der Waals surface area contributed by atoms with E-state index in [1.54, 1.807) is 48.5 Å². The lowest BCUT2D eigenvalue weighted by Crippen LogP contribution is -2.35. The number of hydrogen-bond donors (Lipinski definition) is 1. The summed E-state index contributed by atoms with van der Waals surface area (Å²) >= 11 is 0. The molecule has 0 heterocycles. The van der Waals surface area contributed by atoms with Gasteiger partial charge in [-0.1, -0.05) is 12.1 Å². The van der Waals surface area contributed by atoms with Gasteiger partial charge in [0.1, 0.15) is 11.8 Å². The number of para-hydroxylation sites is 1. The van der Waals surface area contributed by atoms with Gasteiger partial charge < -0.3 is 14.8 Å².